The number of esters is 1. The molecule has 0 spiro atoms. The van der Waals surface area contributed by atoms with Gasteiger partial charge in [-0.05, 0) is 38.0 Å². The molecular formula is C15H23ClN2O4. The van der Waals surface area contributed by atoms with E-state index in [1.165, 1.54) is 0 Å². The van der Waals surface area contributed by atoms with Crippen molar-refractivity contribution in [3.8, 4) is 5.75 Å². The van der Waals surface area contributed by atoms with Crippen LogP contribution in [0.25, 0.3) is 0 Å². The molecule has 3 N–H and O–H groups in total. The summed E-state index contributed by atoms with van der Waals surface area (Å²) in [5, 5.41) is 2.74. The normalized spacial score (nSPS) is 11.0. The maximum absolute atomic E-state index is 11.3. The van der Waals surface area contributed by atoms with Crippen LogP contribution in [0.4, 0.5) is 0 Å². The minimum Gasteiger partial charge on any atom is -0.482 e. The number of benzene rings is 1. The summed E-state index contributed by atoms with van der Waals surface area (Å²) in [6, 6.07) is 6.84. The van der Waals surface area contributed by atoms with Gasteiger partial charge in [0.1, 0.15) is 5.75 Å². The third kappa shape index (κ3) is 7.85. The number of ether oxygens (including phenoxy) is 2. The Balaban J connectivity index is 0.00000441. The van der Waals surface area contributed by atoms with Crippen molar-refractivity contribution in [3.05, 3.63) is 29.8 Å². The van der Waals surface area contributed by atoms with Crippen LogP contribution in [0.5, 0.6) is 5.75 Å². The van der Waals surface area contributed by atoms with Crippen molar-refractivity contribution in [3.63, 3.8) is 0 Å². The van der Waals surface area contributed by atoms with Gasteiger partial charge in [0.2, 0.25) is 5.91 Å². The monoisotopic (exact) mass is 330 g/mol. The Morgan fingerprint density at radius 3 is 2.45 bits per heavy atom. The molecule has 0 aromatic heterocycles. The molecule has 1 aromatic carbocycles. The van der Waals surface area contributed by atoms with Crippen LogP contribution in [0.1, 0.15) is 19.4 Å². The minimum absolute atomic E-state index is 0. The molecule has 0 bridgehead atoms. The lowest BCUT2D eigenvalue weighted by Gasteiger charge is -2.09. The van der Waals surface area contributed by atoms with E-state index in [2.05, 4.69) is 5.32 Å². The van der Waals surface area contributed by atoms with E-state index in [-0.39, 0.29) is 30.9 Å². The van der Waals surface area contributed by atoms with Crippen molar-refractivity contribution >= 4 is 24.3 Å². The first-order valence-corrected chi connectivity index (χ1v) is 6.93. The van der Waals surface area contributed by atoms with E-state index in [4.69, 9.17) is 15.2 Å². The van der Waals surface area contributed by atoms with Crippen LogP contribution in [0.2, 0.25) is 0 Å². The molecule has 1 aromatic rings. The number of amides is 1. The molecule has 1 rings (SSSR count). The molecule has 124 valence electrons. The first-order chi connectivity index (χ1) is 10.0. The number of halogens is 1. The molecule has 0 aliphatic rings. The van der Waals surface area contributed by atoms with Crippen LogP contribution in [-0.2, 0) is 20.7 Å². The predicted molar refractivity (Wildman–Crippen MR) is 86.2 cm³/mol. The fourth-order valence-electron chi connectivity index (χ4n) is 1.59. The van der Waals surface area contributed by atoms with Gasteiger partial charge in [0.05, 0.1) is 12.6 Å². The fraction of sp³-hybridized carbons (Fsp3) is 0.467. The highest BCUT2D eigenvalue weighted by atomic mass is 35.5. The highest BCUT2D eigenvalue weighted by molar-refractivity contribution is 5.85. The lowest BCUT2D eigenvalue weighted by atomic mass is 10.1. The van der Waals surface area contributed by atoms with E-state index in [0.717, 1.165) is 5.56 Å². The maximum atomic E-state index is 11.3. The summed E-state index contributed by atoms with van der Waals surface area (Å²) in [5.74, 6) is 0.0519. The fourth-order valence-corrected chi connectivity index (χ4v) is 1.59. The number of hydrogen-bond donors (Lipinski definition) is 2. The second-order valence-electron chi connectivity index (χ2n) is 4.57. The van der Waals surface area contributed by atoms with Gasteiger partial charge in [-0.15, -0.1) is 12.4 Å². The van der Waals surface area contributed by atoms with Gasteiger partial charge >= 0.3 is 5.97 Å². The Morgan fingerprint density at radius 1 is 1.27 bits per heavy atom. The Kier molecular flexibility index (Phi) is 9.98. The van der Waals surface area contributed by atoms with E-state index in [1.807, 2.05) is 12.1 Å². The Hall–Kier alpha value is -1.79. The third-order valence-corrected chi connectivity index (χ3v) is 2.71. The molecule has 0 heterocycles. The molecule has 7 heteroatoms. The van der Waals surface area contributed by atoms with Gasteiger partial charge < -0.3 is 20.5 Å². The van der Waals surface area contributed by atoms with Gasteiger partial charge in [-0.2, -0.15) is 0 Å². The Labute approximate surface area is 136 Å². The van der Waals surface area contributed by atoms with Crippen molar-refractivity contribution < 1.29 is 19.1 Å². The molecule has 0 radical (unpaired) electrons. The highest BCUT2D eigenvalue weighted by Gasteiger charge is 2.06. The van der Waals surface area contributed by atoms with Gasteiger partial charge in [0.15, 0.2) is 6.61 Å². The summed E-state index contributed by atoms with van der Waals surface area (Å²) in [6.07, 6.45) is 0.705. The maximum Gasteiger partial charge on any atom is 0.344 e. The van der Waals surface area contributed by atoms with Crippen LogP contribution in [-0.4, -0.2) is 37.7 Å². The van der Waals surface area contributed by atoms with E-state index in [1.54, 1.807) is 26.0 Å². The van der Waals surface area contributed by atoms with Gasteiger partial charge in [-0.3, -0.25) is 4.79 Å². The average molecular weight is 331 g/mol. The smallest absolute Gasteiger partial charge is 0.344 e. The topological polar surface area (TPSA) is 90.6 Å². The number of carbonyl (C=O) groups is 2. The van der Waals surface area contributed by atoms with Gasteiger partial charge in [0.25, 0.3) is 0 Å². The summed E-state index contributed by atoms with van der Waals surface area (Å²) in [4.78, 5) is 22.4. The van der Waals surface area contributed by atoms with Crippen LogP contribution in [0, 0.1) is 0 Å². The zero-order valence-corrected chi connectivity index (χ0v) is 13.7. The van der Waals surface area contributed by atoms with Crippen molar-refractivity contribution in [2.24, 2.45) is 5.73 Å². The van der Waals surface area contributed by atoms with Crippen LogP contribution >= 0.6 is 12.4 Å². The predicted octanol–water partition coefficient (Wildman–Crippen LogP) is 1.06. The van der Waals surface area contributed by atoms with Crippen LogP contribution in [0.15, 0.2) is 24.3 Å². The molecule has 0 aliphatic heterocycles. The van der Waals surface area contributed by atoms with E-state index < -0.39 is 6.04 Å². The standard InChI is InChI=1S/C15H22N2O4.ClH/c1-3-20-14(18)10-21-13-6-4-12(5-7-13)8-9-17-15(19)11(2)16;/h4-7,11H,3,8-10,16H2,1-2H3,(H,17,19);1H/t11-;/m1./s1. The van der Waals surface area contributed by atoms with E-state index >= 15 is 0 Å². The zero-order chi connectivity index (χ0) is 15.7. The summed E-state index contributed by atoms with van der Waals surface area (Å²) in [5.41, 5.74) is 6.51. The molecule has 0 saturated heterocycles. The summed E-state index contributed by atoms with van der Waals surface area (Å²) in [6.45, 7) is 4.16. The van der Waals surface area contributed by atoms with Gasteiger partial charge in [0, 0.05) is 6.54 Å². The van der Waals surface area contributed by atoms with Crippen molar-refractivity contribution in [1.82, 2.24) is 5.32 Å². The van der Waals surface area contributed by atoms with Crippen molar-refractivity contribution in [1.29, 1.82) is 0 Å². The van der Waals surface area contributed by atoms with Crippen LogP contribution in [0.3, 0.4) is 0 Å². The molecule has 22 heavy (non-hydrogen) atoms. The quantitative estimate of drug-likeness (QED) is 0.695. The molecule has 0 aliphatic carbocycles. The largest absolute Gasteiger partial charge is 0.482 e. The molecule has 0 fully saturated rings. The van der Waals surface area contributed by atoms with Crippen LogP contribution < -0.4 is 15.8 Å². The van der Waals surface area contributed by atoms with Gasteiger partial charge in [-0.25, -0.2) is 4.79 Å². The van der Waals surface area contributed by atoms with E-state index in [0.29, 0.717) is 25.3 Å². The SMILES string of the molecule is CCOC(=O)COc1ccc(CCNC(=O)[C@@H](C)N)cc1.Cl. The molecule has 1 amide bonds. The zero-order valence-electron chi connectivity index (χ0n) is 12.8. The Bertz CT molecular complexity index is 463. The number of hydrogen-bond acceptors (Lipinski definition) is 5. The first kappa shape index (κ1) is 20.2. The minimum atomic E-state index is -0.497. The second kappa shape index (κ2) is 10.9. The lowest BCUT2D eigenvalue weighted by Crippen LogP contribution is -2.39. The molecular weight excluding hydrogens is 308 g/mol. The van der Waals surface area contributed by atoms with Crippen molar-refractivity contribution in [2.45, 2.75) is 26.3 Å². The molecule has 0 saturated carbocycles. The third-order valence-electron chi connectivity index (χ3n) is 2.71. The molecule has 1 atom stereocenters. The molecule has 0 unspecified atom stereocenters. The highest BCUT2D eigenvalue weighted by Crippen LogP contribution is 2.12. The average Bonchev–Trinajstić information content (AvgIpc) is 2.46. The summed E-state index contributed by atoms with van der Waals surface area (Å²) < 4.78 is 10.1. The number of nitrogens with two attached hydrogens (primary N) is 1. The Morgan fingerprint density at radius 2 is 1.91 bits per heavy atom. The number of nitrogens with one attached hydrogen (secondary N) is 1. The van der Waals surface area contributed by atoms with E-state index in [9.17, 15) is 9.59 Å². The number of carbonyl (C=O) groups excluding carboxylic acids is 2. The first-order valence-electron chi connectivity index (χ1n) is 6.93. The summed E-state index contributed by atoms with van der Waals surface area (Å²) >= 11 is 0. The van der Waals surface area contributed by atoms with Crippen molar-refractivity contribution in [2.75, 3.05) is 19.8 Å². The summed E-state index contributed by atoms with van der Waals surface area (Å²) in [7, 11) is 0. The molecule has 6 nitrogen and oxygen atoms in total. The number of rotatable bonds is 8. The second-order valence-corrected chi connectivity index (χ2v) is 4.57. The van der Waals surface area contributed by atoms with Gasteiger partial charge in [-0.1, -0.05) is 12.1 Å². The lowest BCUT2D eigenvalue weighted by molar-refractivity contribution is -0.145.